The summed E-state index contributed by atoms with van der Waals surface area (Å²) in [6, 6.07) is 7.56. The molecule has 0 spiro atoms. The van der Waals surface area contributed by atoms with E-state index in [1.165, 1.54) is 11.3 Å². The van der Waals surface area contributed by atoms with Gasteiger partial charge in [-0.1, -0.05) is 41.1 Å². The van der Waals surface area contributed by atoms with Crippen molar-refractivity contribution in [3.05, 3.63) is 35.4 Å². The number of nitrogens with one attached hydrogen (secondary N) is 1. The molecule has 0 unspecified atom stereocenters. The highest BCUT2D eigenvalue weighted by Crippen LogP contribution is 2.33. The molecule has 3 rings (SSSR count). The Balaban J connectivity index is 1.80. The number of carboxylic acids is 1. The zero-order valence-electron chi connectivity index (χ0n) is 11.5. The van der Waals surface area contributed by atoms with E-state index in [0.29, 0.717) is 10.2 Å². The van der Waals surface area contributed by atoms with Gasteiger partial charge in [0.1, 0.15) is 0 Å². The number of carboxylic acid groups (broad SMARTS) is 1. The largest absolute Gasteiger partial charge is 0.481 e. The molecule has 0 bridgehead atoms. The Kier molecular flexibility index (Phi) is 4.13. The van der Waals surface area contributed by atoms with Crippen LogP contribution in [0.1, 0.15) is 12.8 Å². The lowest BCUT2D eigenvalue weighted by atomic mass is 9.82. The number of nitrogens with zero attached hydrogens (tertiary/aromatic N) is 1. The minimum Gasteiger partial charge on any atom is -0.481 e. The molecule has 2 N–H and O–H groups in total. The summed E-state index contributed by atoms with van der Waals surface area (Å²) < 4.78 is 0.967. The van der Waals surface area contributed by atoms with Gasteiger partial charge in [-0.3, -0.25) is 9.59 Å². The van der Waals surface area contributed by atoms with Crippen LogP contribution in [0.4, 0.5) is 5.13 Å². The summed E-state index contributed by atoms with van der Waals surface area (Å²) in [5, 5.41) is 13.0. The number of para-hydroxylation sites is 1. The van der Waals surface area contributed by atoms with Crippen LogP contribution in [0.25, 0.3) is 10.2 Å². The highest BCUT2D eigenvalue weighted by Gasteiger charge is 2.36. The number of amides is 1. The van der Waals surface area contributed by atoms with Gasteiger partial charge in [0, 0.05) is 5.03 Å². The average Bonchev–Trinajstić information content (AvgIpc) is 2.88. The number of aromatic nitrogens is 1. The minimum atomic E-state index is -0.982. The number of allylic oxidation sites excluding steroid dienone is 2. The number of hydrogen-bond acceptors (Lipinski definition) is 4. The SMILES string of the molecule is O=C(O)[C@H]1CC=C(Cl)C[C@@H]1C(=O)Nc1nc2ccccc2s1. The predicted molar refractivity (Wildman–Crippen MR) is 86.0 cm³/mol. The second kappa shape index (κ2) is 6.06. The number of aliphatic carboxylic acids is 1. The van der Waals surface area contributed by atoms with Crippen molar-refractivity contribution in [2.45, 2.75) is 12.8 Å². The van der Waals surface area contributed by atoms with Crippen LogP contribution in [0.5, 0.6) is 0 Å². The number of carbonyl (C=O) groups is 2. The molecule has 2 atom stereocenters. The third-order valence-corrected chi connectivity index (χ3v) is 4.93. The molecule has 7 heteroatoms. The van der Waals surface area contributed by atoms with Crippen molar-refractivity contribution in [3.8, 4) is 0 Å². The van der Waals surface area contributed by atoms with E-state index in [2.05, 4.69) is 10.3 Å². The van der Waals surface area contributed by atoms with Gasteiger partial charge in [0.25, 0.3) is 0 Å². The van der Waals surface area contributed by atoms with E-state index >= 15 is 0 Å². The van der Waals surface area contributed by atoms with Crippen molar-refractivity contribution in [1.29, 1.82) is 0 Å². The highest BCUT2D eigenvalue weighted by molar-refractivity contribution is 7.22. The summed E-state index contributed by atoms with van der Waals surface area (Å²) in [7, 11) is 0. The number of rotatable bonds is 3. The van der Waals surface area contributed by atoms with Crippen molar-refractivity contribution in [1.82, 2.24) is 4.98 Å². The Bertz CT molecular complexity index is 738. The van der Waals surface area contributed by atoms with Crippen molar-refractivity contribution in [3.63, 3.8) is 0 Å². The molecule has 1 amide bonds. The zero-order chi connectivity index (χ0) is 15.7. The van der Waals surface area contributed by atoms with Gasteiger partial charge in [0.05, 0.1) is 22.1 Å². The topological polar surface area (TPSA) is 79.3 Å². The van der Waals surface area contributed by atoms with Crippen molar-refractivity contribution in [2.75, 3.05) is 5.32 Å². The molecule has 1 aliphatic rings. The molecule has 1 aromatic heterocycles. The van der Waals surface area contributed by atoms with Gasteiger partial charge >= 0.3 is 5.97 Å². The molecule has 0 radical (unpaired) electrons. The van der Waals surface area contributed by atoms with Crippen molar-refractivity contribution < 1.29 is 14.7 Å². The first-order valence-corrected chi connectivity index (χ1v) is 7.98. The highest BCUT2D eigenvalue weighted by atomic mass is 35.5. The van der Waals surface area contributed by atoms with Crippen LogP contribution >= 0.6 is 22.9 Å². The molecule has 1 heterocycles. The molecule has 2 aromatic rings. The fraction of sp³-hybridized carbons (Fsp3) is 0.267. The second-order valence-corrected chi connectivity index (χ2v) is 6.63. The maximum atomic E-state index is 12.4. The van der Waals surface area contributed by atoms with Crippen LogP contribution < -0.4 is 5.32 Å². The molecule has 22 heavy (non-hydrogen) atoms. The first kappa shape index (κ1) is 15.0. The smallest absolute Gasteiger partial charge is 0.307 e. The van der Waals surface area contributed by atoms with Crippen molar-refractivity contribution >= 4 is 50.2 Å². The summed E-state index contributed by atoms with van der Waals surface area (Å²) in [6.45, 7) is 0. The van der Waals surface area contributed by atoms with Crippen LogP contribution in [0.2, 0.25) is 0 Å². The van der Waals surface area contributed by atoms with Crippen LogP contribution in [-0.2, 0) is 9.59 Å². The average molecular weight is 337 g/mol. The van der Waals surface area contributed by atoms with Crippen LogP contribution in [0.15, 0.2) is 35.4 Å². The summed E-state index contributed by atoms with van der Waals surface area (Å²) in [5.41, 5.74) is 0.805. The number of benzene rings is 1. The van der Waals surface area contributed by atoms with Gasteiger partial charge in [-0.25, -0.2) is 4.98 Å². The van der Waals surface area contributed by atoms with Gasteiger partial charge in [-0.15, -0.1) is 0 Å². The normalized spacial score (nSPS) is 21.4. The second-order valence-electron chi connectivity index (χ2n) is 5.12. The van der Waals surface area contributed by atoms with E-state index in [1.54, 1.807) is 6.08 Å². The Morgan fingerprint density at radius 2 is 2.09 bits per heavy atom. The Morgan fingerprint density at radius 3 is 2.82 bits per heavy atom. The quantitative estimate of drug-likeness (QED) is 0.899. The maximum Gasteiger partial charge on any atom is 0.307 e. The number of hydrogen-bond donors (Lipinski definition) is 2. The van der Waals surface area contributed by atoms with Crippen LogP contribution in [-0.4, -0.2) is 22.0 Å². The lowest BCUT2D eigenvalue weighted by Gasteiger charge is -2.25. The van der Waals surface area contributed by atoms with Crippen LogP contribution in [0, 0.1) is 11.8 Å². The number of anilines is 1. The fourth-order valence-corrected chi connectivity index (χ4v) is 3.65. The van der Waals surface area contributed by atoms with E-state index in [1.807, 2.05) is 24.3 Å². The number of thiazole rings is 1. The first-order valence-electron chi connectivity index (χ1n) is 6.78. The summed E-state index contributed by atoms with van der Waals surface area (Å²) >= 11 is 7.33. The number of carbonyl (C=O) groups excluding carboxylic acids is 1. The number of fused-ring (bicyclic) bond motifs is 1. The van der Waals surface area contributed by atoms with Crippen LogP contribution in [0.3, 0.4) is 0 Å². The molecule has 0 aliphatic heterocycles. The van der Waals surface area contributed by atoms with Gasteiger partial charge in [-0.2, -0.15) is 0 Å². The standard InChI is InChI=1S/C15H13ClN2O3S/c16-8-5-6-9(14(20)21)10(7-8)13(19)18-15-17-11-3-1-2-4-12(11)22-15/h1-5,9-10H,6-7H2,(H,20,21)(H,17,18,19)/t9-,10-/m0/s1. The third kappa shape index (κ3) is 2.98. The van der Waals surface area contributed by atoms with E-state index in [9.17, 15) is 14.7 Å². The molecular formula is C15H13ClN2O3S. The van der Waals surface area contributed by atoms with E-state index < -0.39 is 17.8 Å². The monoisotopic (exact) mass is 336 g/mol. The number of halogens is 1. The molecular weight excluding hydrogens is 324 g/mol. The van der Waals surface area contributed by atoms with Gasteiger partial charge < -0.3 is 10.4 Å². The predicted octanol–water partition coefficient (Wildman–Crippen LogP) is 3.47. The minimum absolute atomic E-state index is 0.245. The fourth-order valence-electron chi connectivity index (χ4n) is 2.53. The molecule has 114 valence electrons. The third-order valence-electron chi connectivity index (χ3n) is 3.67. The van der Waals surface area contributed by atoms with Gasteiger partial charge in [-0.05, 0) is 25.0 Å². The van der Waals surface area contributed by atoms with Crippen molar-refractivity contribution in [2.24, 2.45) is 11.8 Å². The summed E-state index contributed by atoms with van der Waals surface area (Å²) in [5.74, 6) is -2.76. The Labute approximate surface area is 135 Å². The zero-order valence-corrected chi connectivity index (χ0v) is 13.0. The van der Waals surface area contributed by atoms with Gasteiger partial charge in [0.15, 0.2) is 5.13 Å². The van der Waals surface area contributed by atoms with E-state index in [4.69, 9.17) is 11.6 Å². The molecule has 5 nitrogen and oxygen atoms in total. The van der Waals surface area contributed by atoms with Gasteiger partial charge in [0.2, 0.25) is 5.91 Å². The summed E-state index contributed by atoms with van der Waals surface area (Å²) in [4.78, 5) is 28.0. The molecule has 1 aliphatic carbocycles. The maximum absolute atomic E-state index is 12.4. The van der Waals surface area contributed by atoms with E-state index in [0.717, 1.165) is 10.2 Å². The van der Waals surface area contributed by atoms with E-state index in [-0.39, 0.29) is 18.7 Å². The molecule has 0 saturated carbocycles. The lowest BCUT2D eigenvalue weighted by molar-refractivity contribution is -0.146. The molecule has 1 aromatic carbocycles. The molecule has 0 fully saturated rings. The Hall–Kier alpha value is -1.92. The Morgan fingerprint density at radius 1 is 1.32 bits per heavy atom. The first-order chi connectivity index (χ1) is 10.5. The lowest BCUT2D eigenvalue weighted by Crippen LogP contribution is -2.35. The molecule has 0 saturated heterocycles. The summed E-state index contributed by atoms with van der Waals surface area (Å²) in [6.07, 6.45) is 2.18.